The minimum absolute atomic E-state index is 0.157. The largest absolute Gasteiger partial charge is 0.488 e. The Kier molecular flexibility index (Phi) is 6.17. The number of para-hydroxylation sites is 1. The summed E-state index contributed by atoms with van der Waals surface area (Å²) < 4.78 is 15.9. The minimum Gasteiger partial charge on any atom is -0.488 e. The van der Waals surface area contributed by atoms with E-state index in [0.29, 0.717) is 31.1 Å². The molecule has 0 spiro atoms. The van der Waals surface area contributed by atoms with E-state index in [-0.39, 0.29) is 5.91 Å². The number of rotatable bonds is 8. The average molecular weight is 318 g/mol. The number of ether oxygens (including phenoxy) is 2. The summed E-state index contributed by atoms with van der Waals surface area (Å²) in [5.41, 5.74) is 2.21. The van der Waals surface area contributed by atoms with Crippen molar-refractivity contribution >= 4 is 5.91 Å². The second-order valence-corrected chi connectivity index (χ2v) is 5.19. The Hall–Kier alpha value is -2.34. The SMILES string of the molecule is COCCCNC(=O)c1ccccc1OCc1c(C)noc1C. The first-order valence-corrected chi connectivity index (χ1v) is 7.54. The molecule has 6 nitrogen and oxygen atoms in total. The van der Waals surface area contributed by atoms with Gasteiger partial charge in [-0.2, -0.15) is 0 Å². The van der Waals surface area contributed by atoms with Gasteiger partial charge in [-0.1, -0.05) is 17.3 Å². The number of aromatic nitrogens is 1. The summed E-state index contributed by atoms with van der Waals surface area (Å²) in [5, 5.41) is 6.76. The molecule has 23 heavy (non-hydrogen) atoms. The van der Waals surface area contributed by atoms with Gasteiger partial charge < -0.3 is 19.3 Å². The molecule has 0 fully saturated rings. The predicted octanol–water partition coefficient (Wildman–Crippen LogP) is 2.64. The van der Waals surface area contributed by atoms with Crippen LogP contribution in [-0.2, 0) is 11.3 Å². The average Bonchev–Trinajstić information content (AvgIpc) is 2.88. The molecule has 1 heterocycles. The molecule has 2 rings (SSSR count). The molecule has 124 valence electrons. The third-order valence-corrected chi connectivity index (χ3v) is 3.50. The van der Waals surface area contributed by atoms with Crippen molar-refractivity contribution in [3.8, 4) is 5.75 Å². The highest BCUT2D eigenvalue weighted by molar-refractivity contribution is 5.96. The molecule has 0 radical (unpaired) electrons. The summed E-state index contributed by atoms with van der Waals surface area (Å²) in [6, 6.07) is 7.17. The summed E-state index contributed by atoms with van der Waals surface area (Å²) in [5.74, 6) is 1.11. The quantitative estimate of drug-likeness (QED) is 0.757. The standard InChI is InChI=1S/C17H22N2O4/c1-12-15(13(2)23-19-12)11-22-16-8-5-4-7-14(16)17(20)18-9-6-10-21-3/h4-5,7-8H,6,9-11H2,1-3H3,(H,18,20). The van der Waals surface area contributed by atoms with Crippen LogP contribution in [0.1, 0.15) is 33.8 Å². The summed E-state index contributed by atoms with van der Waals surface area (Å²) in [6.07, 6.45) is 0.768. The van der Waals surface area contributed by atoms with Crippen molar-refractivity contribution in [2.75, 3.05) is 20.3 Å². The van der Waals surface area contributed by atoms with E-state index in [2.05, 4.69) is 10.5 Å². The lowest BCUT2D eigenvalue weighted by Crippen LogP contribution is -2.25. The van der Waals surface area contributed by atoms with Gasteiger partial charge in [0.25, 0.3) is 5.91 Å². The van der Waals surface area contributed by atoms with E-state index >= 15 is 0 Å². The second-order valence-electron chi connectivity index (χ2n) is 5.19. The molecule has 1 aromatic heterocycles. The van der Waals surface area contributed by atoms with E-state index in [9.17, 15) is 4.79 Å². The van der Waals surface area contributed by atoms with Gasteiger partial charge in [0.15, 0.2) is 0 Å². The second kappa shape index (κ2) is 8.33. The zero-order valence-corrected chi connectivity index (χ0v) is 13.7. The summed E-state index contributed by atoms with van der Waals surface area (Å²) in [7, 11) is 1.64. The normalized spacial score (nSPS) is 10.6. The highest BCUT2D eigenvalue weighted by atomic mass is 16.5. The molecule has 1 aromatic carbocycles. The van der Waals surface area contributed by atoms with Crippen LogP contribution in [0.2, 0.25) is 0 Å². The minimum atomic E-state index is -0.157. The van der Waals surface area contributed by atoms with Gasteiger partial charge >= 0.3 is 0 Å². The zero-order valence-electron chi connectivity index (χ0n) is 13.7. The molecule has 0 atom stereocenters. The van der Waals surface area contributed by atoms with E-state index in [0.717, 1.165) is 23.4 Å². The van der Waals surface area contributed by atoms with Crippen molar-refractivity contribution in [2.45, 2.75) is 26.9 Å². The van der Waals surface area contributed by atoms with Crippen molar-refractivity contribution in [3.63, 3.8) is 0 Å². The number of amides is 1. The van der Waals surface area contributed by atoms with Crippen molar-refractivity contribution in [1.29, 1.82) is 0 Å². The van der Waals surface area contributed by atoms with E-state index < -0.39 is 0 Å². The number of methoxy groups -OCH3 is 1. The summed E-state index contributed by atoms with van der Waals surface area (Å²) >= 11 is 0. The smallest absolute Gasteiger partial charge is 0.255 e. The van der Waals surface area contributed by atoms with Gasteiger partial charge in [0, 0.05) is 20.3 Å². The number of hydrogen-bond donors (Lipinski definition) is 1. The van der Waals surface area contributed by atoms with Gasteiger partial charge in [0.2, 0.25) is 0 Å². The van der Waals surface area contributed by atoms with Crippen molar-refractivity contribution in [2.24, 2.45) is 0 Å². The van der Waals surface area contributed by atoms with Crippen LogP contribution in [0.25, 0.3) is 0 Å². The van der Waals surface area contributed by atoms with Gasteiger partial charge in [0.05, 0.1) is 16.8 Å². The number of nitrogens with one attached hydrogen (secondary N) is 1. The molecule has 0 aliphatic rings. The van der Waals surface area contributed by atoms with Gasteiger partial charge in [-0.15, -0.1) is 0 Å². The fourth-order valence-corrected chi connectivity index (χ4v) is 2.15. The third-order valence-electron chi connectivity index (χ3n) is 3.50. The molecular formula is C17H22N2O4. The first-order valence-electron chi connectivity index (χ1n) is 7.54. The van der Waals surface area contributed by atoms with Crippen LogP contribution < -0.4 is 10.1 Å². The van der Waals surface area contributed by atoms with Crippen LogP contribution in [0.4, 0.5) is 0 Å². The van der Waals surface area contributed by atoms with Crippen LogP contribution in [0.3, 0.4) is 0 Å². The number of carbonyl (C=O) groups is 1. The number of benzene rings is 1. The number of aryl methyl sites for hydroxylation is 2. The summed E-state index contributed by atoms with van der Waals surface area (Å²) in [6.45, 7) is 5.20. The Morgan fingerprint density at radius 2 is 2.09 bits per heavy atom. The first kappa shape index (κ1) is 17.0. The highest BCUT2D eigenvalue weighted by Gasteiger charge is 2.14. The Morgan fingerprint density at radius 1 is 1.30 bits per heavy atom. The maximum Gasteiger partial charge on any atom is 0.255 e. The Morgan fingerprint density at radius 3 is 2.78 bits per heavy atom. The van der Waals surface area contributed by atoms with Gasteiger partial charge in [-0.05, 0) is 32.4 Å². The van der Waals surface area contributed by atoms with Crippen LogP contribution in [0, 0.1) is 13.8 Å². The Bertz CT molecular complexity index is 632. The lowest BCUT2D eigenvalue weighted by Gasteiger charge is -2.11. The van der Waals surface area contributed by atoms with Crippen LogP contribution >= 0.6 is 0 Å². The lowest BCUT2D eigenvalue weighted by atomic mass is 10.1. The number of nitrogens with zero attached hydrogens (tertiary/aromatic N) is 1. The molecule has 6 heteroatoms. The molecule has 0 aliphatic carbocycles. The molecule has 0 bridgehead atoms. The van der Waals surface area contributed by atoms with E-state index in [4.69, 9.17) is 14.0 Å². The van der Waals surface area contributed by atoms with Crippen LogP contribution in [0.5, 0.6) is 5.75 Å². The monoisotopic (exact) mass is 318 g/mol. The zero-order chi connectivity index (χ0) is 16.7. The Balaban J connectivity index is 2.01. The van der Waals surface area contributed by atoms with Gasteiger partial charge in [0.1, 0.15) is 18.1 Å². The topological polar surface area (TPSA) is 73.6 Å². The molecule has 0 saturated heterocycles. The number of hydrogen-bond acceptors (Lipinski definition) is 5. The van der Waals surface area contributed by atoms with E-state index in [1.54, 1.807) is 19.2 Å². The fourth-order valence-electron chi connectivity index (χ4n) is 2.15. The fraction of sp³-hybridized carbons (Fsp3) is 0.412. The molecule has 0 saturated carbocycles. The molecule has 1 amide bonds. The van der Waals surface area contributed by atoms with Crippen LogP contribution in [0.15, 0.2) is 28.8 Å². The van der Waals surface area contributed by atoms with E-state index in [1.165, 1.54) is 0 Å². The van der Waals surface area contributed by atoms with Gasteiger partial charge in [-0.25, -0.2) is 0 Å². The third kappa shape index (κ3) is 4.56. The Labute approximate surface area is 135 Å². The summed E-state index contributed by atoms with van der Waals surface area (Å²) in [4.78, 5) is 12.3. The van der Waals surface area contributed by atoms with E-state index in [1.807, 2.05) is 26.0 Å². The molecular weight excluding hydrogens is 296 g/mol. The van der Waals surface area contributed by atoms with Crippen molar-refractivity contribution in [1.82, 2.24) is 10.5 Å². The molecule has 2 aromatic rings. The lowest BCUT2D eigenvalue weighted by molar-refractivity contribution is 0.0944. The first-order chi connectivity index (χ1) is 11.1. The molecule has 1 N–H and O–H groups in total. The number of carbonyl (C=O) groups excluding carboxylic acids is 1. The van der Waals surface area contributed by atoms with Gasteiger partial charge in [-0.3, -0.25) is 4.79 Å². The van der Waals surface area contributed by atoms with Crippen LogP contribution in [-0.4, -0.2) is 31.3 Å². The van der Waals surface area contributed by atoms with Crippen molar-refractivity contribution < 1.29 is 18.8 Å². The maximum absolute atomic E-state index is 12.3. The molecule has 0 aliphatic heterocycles. The predicted molar refractivity (Wildman–Crippen MR) is 85.6 cm³/mol. The maximum atomic E-state index is 12.3. The van der Waals surface area contributed by atoms with Crippen molar-refractivity contribution in [3.05, 3.63) is 46.8 Å². The molecule has 0 unspecified atom stereocenters. The highest BCUT2D eigenvalue weighted by Crippen LogP contribution is 2.21.